The maximum Gasteiger partial charge on any atom is 0.243 e. The molecular weight excluding hydrogens is 391 g/mol. The normalized spacial score (nSPS) is 25.0. The van der Waals surface area contributed by atoms with Crippen molar-refractivity contribution in [1.82, 2.24) is 9.21 Å². The van der Waals surface area contributed by atoms with Crippen LogP contribution in [0.3, 0.4) is 0 Å². The molecule has 0 N–H and O–H groups in total. The van der Waals surface area contributed by atoms with Crippen molar-refractivity contribution in [3.05, 3.63) is 30.1 Å². The van der Waals surface area contributed by atoms with Crippen molar-refractivity contribution in [2.45, 2.75) is 62.7 Å². The Bertz CT molecular complexity index is 828. The molecule has 0 bridgehead atoms. The minimum absolute atomic E-state index is 0.0172. The zero-order chi connectivity index (χ0) is 20.5. The molecule has 2 heterocycles. The van der Waals surface area contributed by atoms with Crippen LogP contribution in [0.4, 0.5) is 4.39 Å². The van der Waals surface area contributed by atoms with Crippen molar-refractivity contribution in [1.29, 1.82) is 0 Å². The molecule has 1 unspecified atom stereocenters. The van der Waals surface area contributed by atoms with Crippen LogP contribution in [0.1, 0.15) is 57.8 Å². The van der Waals surface area contributed by atoms with E-state index in [0.717, 1.165) is 58.0 Å². The number of likely N-dealkylation sites (tertiary alicyclic amines) is 1. The van der Waals surface area contributed by atoms with Gasteiger partial charge in [0, 0.05) is 32.6 Å². The van der Waals surface area contributed by atoms with E-state index >= 15 is 0 Å². The average molecular weight is 423 g/mol. The van der Waals surface area contributed by atoms with E-state index in [1.54, 1.807) is 4.31 Å². The highest BCUT2D eigenvalue weighted by molar-refractivity contribution is 7.89. The summed E-state index contributed by atoms with van der Waals surface area (Å²) in [6.45, 7) is 2.71. The molecule has 0 aromatic heterocycles. The van der Waals surface area contributed by atoms with Gasteiger partial charge in [-0.05, 0) is 67.7 Å². The highest BCUT2D eigenvalue weighted by atomic mass is 32.2. The predicted octanol–water partition coefficient (Wildman–Crippen LogP) is 3.80. The molecule has 1 aromatic rings. The molecule has 1 atom stereocenters. The summed E-state index contributed by atoms with van der Waals surface area (Å²) < 4.78 is 41.2. The van der Waals surface area contributed by atoms with E-state index in [1.807, 2.05) is 4.90 Å². The summed E-state index contributed by atoms with van der Waals surface area (Å²) in [4.78, 5) is 14.7. The fourth-order valence-electron chi connectivity index (χ4n) is 5.57. The Morgan fingerprint density at radius 2 is 1.69 bits per heavy atom. The van der Waals surface area contributed by atoms with E-state index in [0.29, 0.717) is 19.5 Å². The first-order valence-electron chi connectivity index (χ1n) is 10.9. The molecule has 2 saturated heterocycles. The Morgan fingerprint density at radius 1 is 1.03 bits per heavy atom. The number of amides is 1. The third kappa shape index (κ3) is 4.22. The average Bonchev–Trinajstić information content (AvgIpc) is 3.36. The lowest BCUT2D eigenvalue weighted by Crippen LogP contribution is -2.35. The number of nitrogens with zero attached hydrogens (tertiary/aromatic N) is 2. The van der Waals surface area contributed by atoms with Crippen molar-refractivity contribution >= 4 is 15.9 Å². The summed E-state index contributed by atoms with van der Waals surface area (Å²) in [6.07, 6.45) is 8.96. The monoisotopic (exact) mass is 422 g/mol. The van der Waals surface area contributed by atoms with Gasteiger partial charge < -0.3 is 4.90 Å². The van der Waals surface area contributed by atoms with Gasteiger partial charge in [0.2, 0.25) is 15.9 Å². The molecule has 160 valence electrons. The maximum atomic E-state index is 13.3. The summed E-state index contributed by atoms with van der Waals surface area (Å²) >= 11 is 0. The molecule has 1 saturated carbocycles. The van der Waals surface area contributed by atoms with Crippen LogP contribution in [0.15, 0.2) is 29.2 Å². The van der Waals surface area contributed by atoms with Crippen molar-refractivity contribution in [2.75, 3.05) is 26.2 Å². The minimum atomic E-state index is -3.65. The molecule has 0 radical (unpaired) electrons. The van der Waals surface area contributed by atoms with E-state index < -0.39 is 15.8 Å². The second kappa shape index (κ2) is 8.34. The second-order valence-corrected chi connectivity index (χ2v) is 10.9. The maximum absolute atomic E-state index is 13.3. The van der Waals surface area contributed by atoms with Gasteiger partial charge in [-0.3, -0.25) is 4.79 Å². The first-order valence-corrected chi connectivity index (χ1v) is 12.4. The van der Waals surface area contributed by atoms with Gasteiger partial charge in [0.15, 0.2) is 0 Å². The molecular formula is C22H31FN2O3S. The van der Waals surface area contributed by atoms with Gasteiger partial charge in [0.25, 0.3) is 0 Å². The first-order chi connectivity index (χ1) is 13.9. The molecule has 4 rings (SSSR count). The van der Waals surface area contributed by atoms with Gasteiger partial charge >= 0.3 is 0 Å². The number of carbonyl (C=O) groups excluding carboxylic acids is 1. The van der Waals surface area contributed by atoms with Gasteiger partial charge in [-0.1, -0.05) is 19.3 Å². The largest absolute Gasteiger partial charge is 0.343 e. The zero-order valence-corrected chi connectivity index (χ0v) is 17.8. The number of hydrogen-bond acceptors (Lipinski definition) is 3. The number of sulfonamides is 1. The van der Waals surface area contributed by atoms with E-state index in [1.165, 1.54) is 30.7 Å². The third-order valence-electron chi connectivity index (χ3n) is 7.25. The topological polar surface area (TPSA) is 57.7 Å². The van der Waals surface area contributed by atoms with Crippen LogP contribution < -0.4 is 0 Å². The Labute approximate surface area is 173 Å². The van der Waals surface area contributed by atoms with E-state index in [9.17, 15) is 17.6 Å². The molecule has 2 aliphatic heterocycles. The highest BCUT2D eigenvalue weighted by Crippen LogP contribution is 2.50. The van der Waals surface area contributed by atoms with Gasteiger partial charge in [0.1, 0.15) is 5.82 Å². The number of hydrogen-bond donors (Lipinski definition) is 0. The fraction of sp³-hybridized carbons (Fsp3) is 0.682. The second-order valence-electron chi connectivity index (χ2n) is 9.00. The van der Waals surface area contributed by atoms with Crippen LogP contribution in [0, 0.1) is 17.2 Å². The van der Waals surface area contributed by atoms with Gasteiger partial charge in [-0.25, -0.2) is 12.8 Å². The van der Waals surface area contributed by atoms with Crippen molar-refractivity contribution in [3.8, 4) is 0 Å². The molecule has 1 aromatic carbocycles. The van der Waals surface area contributed by atoms with Crippen molar-refractivity contribution < 1.29 is 17.6 Å². The lowest BCUT2D eigenvalue weighted by Gasteiger charge is -2.38. The quantitative estimate of drug-likeness (QED) is 0.725. The number of carbonyl (C=O) groups is 1. The summed E-state index contributed by atoms with van der Waals surface area (Å²) in [5.74, 6) is -0.00898. The van der Waals surface area contributed by atoms with Gasteiger partial charge in [-0.2, -0.15) is 4.31 Å². The lowest BCUT2D eigenvalue weighted by atomic mass is 9.66. The van der Waals surface area contributed by atoms with Crippen LogP contribution in [0.5, 0.6) is 0 Å². The zero-order valence-electron chi connectivity index (χ0n) is 17.0. The van der Waals surface area contributed by atoms with Crippen LogP contribution in [0.25, 0.3) is 0 Å². The Kier molecular flexibility index (Phi) is 5.98. The summed E-state index contributed by atoms with van der Waals surface area (Å²) in [7, 11) is -3.65. The Hall–Kier alpha value is -1.47. The summed E-state index contributed by atoms with van der Waals surface area (Å²) in [5.41, 5.74) is -0.0172. The number of rotatable bonds is 5. The van der Waals surface area contributed by atoms with Crippen LogP contribution in [-0.4, -0.2) is 49.7 Å². The fourth-order valence-corrected chi connectivity index (χ4v) is 7.15. The molecule has 1 aliphatic carbocycles. The van der Waals surface area contributed by atoms with E-state index in [-0.39, 0.29) is 22.1 Å². The molecule has 29 heavy (non-hydrogen) atoms. The van der Waals surface area contributed by atoms with Crippen LogP contribution >= 0.6 is 0 Å². The molecule has 3 fully saturated rings. The minimum Gasteiger partial charge on any atom is -0.343 e. The highest BCUT2D eigenvalue weighted by Gasteiger charge is 2.50. The van der Waals surface area contributed by atoms with Crippen molar-refractivity contribution in [2.24, 2.45) is 11.3 Å². The van der Waals surface area contributed by atoms with E-state index in [2.05, 4.69) is 0 Å². The van der Waals surface area contributed by atoms with E-state index in [4.69, 9.17) is 0 Å². The lowest BCUT2D eigenvalue weighted by molar-refractivity contribution is -0.130. The Balaban J connectivity index is 1.50. The standard InChI is InChI=1S/C22H31FN2O3S/c23-19-7-9-20(10-8-19)29(27,28)25-16-18(22(17-25)12-2-1-3-13-22)6-11-21(26)24-14-4-5-15-24/h7-10,18H,1-6,11-17H2. The molecule has 1 spiro atoms. The first kappa shape index (κ1) is 20.8. The SMILES string of the molecule is O=C(CCC1CN(S(=O)(=O)c2ccc(F)cc2)CC12CCCCC2)N1CCCC1. The molecule has 1 amide bonds. The third-order valence-corrected chi connectivity index (χ3v) is 9.07. The van der Waals surface area contributed by atoms with Gasteiger partial charge in [0.05, 0.1) is 4.90 Å². The summed E-state index contributed by atoms with van der Waals surface area (Å²) in [5, 5.41) is 0. The predicted molar refractivity (Wildman–Crippen MR) is 109 cm³/mol. The van der Waals surface area contributed by atoms with Crippen LogP contribution in [0.2, 0.25) is 0 Å². The van der Waals surface area contributed by atoms with Crippen molar-refractivity contribution in [3.63, 3.8) is 0 Å². The van der Waals surface area contributed by atoms with Crippen LogP contribution in [-0.2, 0) is 14.8 Å². The molecule has 3 aliphatic rings. The molecule has 5 nitrogen and oxygen atoms in total. The summed E-state index contributed by atoms with van der Waals surface area (Å²) in [6, 6.07) is 5.10. The molecule has 7 heteroatoms. The smallest absolute Gasteiger partial charge is 0.243 e. The van der Waals surface area contributed by atoms with Gasteiger partial charge in [-0.15, -0.1) is 0 Å². The number of benzene rings is 1. The number of halogens is 1. The Morgan fingerprint density at radius 3 is 2.34 bits per heavy atom.